The number of rotatable bonds is 10. The van der Waals surface area contributed by atoms with Crippen LogP contribution in [-0.2, 0) is 20.3 Å². The molecule has 0 saturated carbocycles. The average molecular weight is 603 g/mol. The molecule has 0 saturated heterocycles. The summed E-state index contributed by atoms with van der Waals surface area (Å²) in [5.41, 5.74) is 2.56. The Morgan fingerprint density at radius 1 is 1.00 bits per heavy atom. The smallest absolute Gasteiger partial charge is 0.170 e. The first-order valence-electron chi connectivity index (χ1n) is 11.6. The lowest BCUT2D eigenvalue weighted by molar-refractivity contribution is 0.0987. The van der Waals surface area contributed by atoms with E-state index in [9.17, 15) is 8.42 Å². The zero-order valence-corrected chi connectivity index (χ0v) is 24.0. The molecule has 0 N–H and O–H groups in total. The molecule has 0 amide bonds. The maximum Gasteiger partial charge on any atom is 0.170 e. The zero-order chi connectivity index (χ0) is 27.4. The number of pyridine rings is 2. The molecule has 0 aliphatic heterocycles. The molecule has 4 aromatic rings. The summed E-state index contributed by atoms with van der Waals surface area (Å²) >= 11 is 3.35. The lowest BCUT2D eigenvalue weighted by atomic mass is 10.2. The van der Waals surface area contributed by atoms with Crippen molar-refractivity contribution in [2.24, 2.45) is 0 Å². The first kappa shape index (κ1) is 27.7. The minimum Gasteiger partial charge on any atom is -0.494 e. The molecule has 200 valence electrons. The number of para-hydroxylation sites is 1. The van der Waals surface area contributed by atoms with Crippen LogP contribution in [0, 0.1) is 6.92 Å². The summed E-state index contributed by atoms with van der Waals surface area (Å²) in [7, 11) is 0.699. The van der Waals surface area contributed by atoms with Crippen molar-refractivity contribution in [1.29, 1.82) is 0 Å². The summed E-state index contributed by atoms with van der Waals surface area (Å²) in [6, 6.07) is 10.7. The van der Waals surface area contributed by atoms with E-state index in [-0.39, 0.29) is 5.82 Å². The van der Waals surface area contributed by atoms with Crippen molar-refractivity contribution in [2.45, 2.75) is 31.0 Å². The number of aryl methyl sites for hydroxylation is 1. The Bertz CT molecular complexity index is 1500. The van der Waals surface area contributed by atoms with Crippen LogP contribution in [0.4, 0.5) is 0 Å². The van der Waals surface area contributed by atoms with Crippen molar-refractivity contribution in [2.75, 3.05) is 21.3 Å². The number of sulfone groups is 1. The number of ether oxygens (including phenoxy) is 3. The second-order valence-corrected chi connectivity index (χ2v) is 11.9. The van der Waals surface area contributed by atoms with Crippen LogP contribution >= 0.6 is 15.9 Å². The van der Waals surface area contributed by atoms with Gasteiger partial charge in [0.15, 0.2) is 21.5 Å². The van der Waals surface area contributed by atoms with Crippen molar-refractivity contribution >= 4 is 25.8 Å². The highest BCUT2D eigenvalue weighted by atomic mass is 79.9. The molecule has 0 aliphatic carbocycles. The van der Waals surface area contributed by atoms with Crippen LogP contribution in [0.25, 0.3) is 17.1 Å². The molecule has 0 aliphatic rings. The molecule has 2 atom stereocenters. The second-order valence-electron chi connectivity index (χ2n) is 8.61. The highest BCUT2D eigenvalue weighted by Gasteiger charge is 2.34. The van der Waals surface area contributed by atoms with E-state index in [1.165, 1.54) is 21.3 Å². The largest absolute Gasteiger partial charge is 0.494 e. The van der Waals surface area contributed by atoms with Crippen molar-refractivity contribution in [3.63, 3.8) is 0 Å². The van der Waals surface area contributed by atoms with E-state index in [1.807, 2.05) is 13.0 Å². The van der Waals surface area contributed by atoms with E-state index in [0.717, 1.165) is 10.0 Å². The second kappa shape index (κ2) is 11.6. The average Bonchev–Trinajstić information content (AvgIpc) is 3.31. The van der Waals surface area contributed by atoms with Crippen molar-refractivity contribution in [3.8, 4) is 28.6 Å². The quantitative estimate of drug-likeness (QED) is 0.259. The van der Waals surface area contributed by atoms with Gasteiger partial charge in [-0.05, 0) is 65.7 Å². The first-order valence-corrected chi connectivity index (χ1v) is 14.1. The Balaban J connectivity index is 1.84. The van der Waals surface area contributed by atoms with Gasteiger partial charge in [0.05, 0.1) is 25.2 Å². The van der Waals surface area contributed by atoms with Gasteiger partial charge in [-0.2, -0.15) is 0 Å². The molecule has 3 heterocycles. The molecule has 12 heteroatoms. The maximum absolute atomic E-state index is 13.8. The molecular weight excluding hydrogens is 574 g/mol. The predicted molar refractivity (Wildman–Crippen MR) is 146 cm³/mol. The molecule has 4 rings (SSSR count). The van der Waals surface area contributed by atoms with Crippen molar-refractivity contribution < 1.29 is 22.6 Å². The monoisotopic (exact) mass is 601 g/mol. The normalized spacial score (nSPS) is 13.2. The molecule has 0 spiro atoms. The van der Waals surface area contributed by atoms with Crippen molar-refractivity contribution in [3.05, 3.63) is 76.5 Å². The number of hydrogen-bond donors (Lipinski definition) is 0. The molecule has 0 bridgehead atoms. The fourth-order valence-corrected chi connectivity index (χ4v) is 5.84. The minimum absolute atomic E-state index is 0.190. The van der Waals surface area contributed by atoms with Gasteiger partial charge in [-0.3, -0.25) is 14.5 Å². The molecule has 0 radical (unpaired) electrons. The lowest BCUT2D eigenvalue weighted by Crippen LogP contribution is -2.29. The zero-order valence-electron chi connectivity index (χ0n) is 21.6. The summed E-state index contributed by atoms with van der Waals surface area (Å²) in [4.78, 5) is 8.62. The van der Waals surface area contributed by atoms with Crippen LogP contribution in [0.3, 0.4) is 0 Å². The summed E-state index contributed by atoms with van der Waals surface area (Å²) in [5, 5.41) is 7.76. The highest BCUT2D eigenvalue weighted by Crippen LogP contribution is 2.37. The summed E-state index contributed by atoms with van der Waals surface area (Å²) in [6.07, 6.45) is 4.19. The van der Waals surface area contributed by atoms with Gasteiger partial charge < -0.3 is 14.2 Å². The van der Waals surface area contributed by atoms with Gasteiger partial charge in [-0.25, -0.2) is 8.42 Å². The Labute approximate surface area is 230 Å². The van der Waals surface area contributed by atoms with Crippen LogP contribution in [0.15, 0.2) is 59.5 Å². The molecular formula is C26H28BrN5O5S. The van der Waals surface area contributed by atoms with Crippen molar-refractivity contribution in [1.82, 2.24) is 24.7 Å². The topological polar surface area (TPSA) is 118 Å². The number of aromatic nitrogens is 5. The predicted octanol–water partition coefficient (Wildman–Crippen LogP) is 4.50. The standard InChI is InChI=1S/C26H28BrN5O5S/c1-16-11-18(13-28-12-16)26-31-30-23(32(26)24-21(35-3)7-6-8-22(24)36-4)15-38(33,34)17(2)25(37-5)20-10-9-19(27)14-29-20/h6-14,17,25H,15H2,1-5H3/t17-,25-/m1/s1. The third-order valence-electron chi connectivity index (χ3n) is 6.11. The number of hydrogen-bond acceptors (Lipinski definition) is 9. The molecule has 0 unspecified atom stereocenters. The van der Waals surface area contributed by atoms with Crippen LogP contribution in [-0.4, -0.2) is 59.7 Å². The van der Waals surface area contributed by atoms with Gasteiger partial charge in [0, 0.05) is 35.7 Å². The van der Waals surface area contributed by atoms with E-state index >= 15 is 0 Å². The SMILES string of the molecule is COc1cccc(OC)c1-n1c(CS(=O)(=O)[C@H](C)[C@@H](OC)c2ccc(Br)cn2)nnc1-c1cncc(C)c1. The Hall–Kier alpha value is -3.35. The van der Waals surface area contributed by atoms with Crippen LogP contribution in [0.1, 0.15) is 30.1 Å². The Kier molecular flexibility index (Phi) is 8.44. The van der Waals surface area contributed by atoms with Gasteiger partial charge in [0.1, 0.15) is 29.0 Å². The van der Waals surface area contributed by atoms with E-state index in [1.54, 1.807) is 60.4 Å². The Morgan fingerprint density at radius 2 is 1.71 bits per heavy atom. The van der Waals surface area contributed by atoms with E-state index in [0.29, 0.717) is 34.3 Å². The summed E-state index contributed by atoms with van der Waals surface area (Å²) < 4.78 is 46.8. The molecule has 0 fully saturated rings. The van der Waals surface area contributed by atoms with Gasteiger partial charge in [0.25, 0.3) is 0 Å². The van der Waals surface area contributed by atoms with Crippen LogP contribution in [0.2, 0.25) is 0 Å². The first-order chi connectivity index (χ1) is 18.2. The highest BCUT2D eigenvalue weighted by molar-refractivity contribution is 9.10. The Morgan fingerprint density at radius 3 is 2.29 bits per heavy atom. The third-order valence-corrected chi connectivity index (χ3v) is 8.62. The fraction of sp³-hybridized carbons (Fsp3) is 0.308. The molecule has 1 aromatic carbocycles. The number of methoxy groups -OCH3 is 3. The molecule has 10 nitrogen and oxygen atoms in total. The lowest BCUT2D eigenvalue weighted by Gasteiger charge is -2.23. The number of nitrogens with zero attached hydrogens (tertiary/aromatic N) is 5. The van der Waals surface area contributed by atoms with Crippen LogP contribution in [0.5, 0.6) is 11.5 Å². The number of halogens is 1. The van der Waals surface area contributed by atoms with E-state index in [4.69, 9.17) is 14.2 Å². The molecule has 3 aromatic heterocycles. The van der Waals surface area contributed by atoms with Gasteiger partial charge in [-0.1, -0.05) is 6.07 Å². The maximum atomic E-state index is 13.8. The van der Waals surface area contributed by atoms with Crippen LogP contribution < -0.4 is 9.47 Å². The van der Waals surface area contributed by atoms with Gasteiger partial charge >= 0.3 is 0 Å². The van der Waals surface area contributed by atoms with E-state index < -0.39 is 26.9 Å². The summed E-state index contributed by atoms with van der Waals surface area (Å²) in [5.74, 6) is 1.10. The fourth-order valence-electron chi connectivity index (χ4n) is 4.17. The minimum atomic E-state index is -3.83. The molecule has 38 heavy (non-hydrogen) atoms. The van der Waals surface area contributed by atoms with Gasteiger partial charge in [0.2, 0.25) is 0 Å². The summed E-state index contributed by atoms with van der Waals surface area (Å²) in [6.45, 7) is 3.51. The van der Waals surface area contributed by atoms with E-state index in [2.05, 4.69) is 36.1 Å². The van der Waals surface area contributed by atoms with Gasteiger partial charge in [-0.15, -0.1) is 10.2 Å². The number of benzene rings is 1. The third kappa shape index (κ3) is 5.57.